The van der Waals surface area contributed by atoms with Crippen LogP contribution in [0, 0.1) is 11.8 Å². The van der Waals surface area contributed by atoms with Gasteiger partial charge in [-0.1, -0.05) is 65.0 Å². The van der Waals surface area contributed by atoms with Crippen LogP contribution in [0.2, 0.25) is 0 Å². The molecule has 2 aliphatic carbocycles. The van der Waals surface area contributed by atoms with Crippen LogP contribution in [0.1, 0.15) is 71.1 Å². The summed E-state index contributed by atoms with van der Waals surface area (Å²) in [4.78, 5) is 10.9. The third-order valence-corrected chi connectivity index (χ3v) is 7.53. The Balaban J connectivity index is 1.98. The first-order valence-corrected chi connectivity index (χ1v) is 10.7. The second-order valence-corrected chi connectivity index (χ2v) is 10.5. The molecule has 0 bridgehead atoms. The number of hydrogen-bond acceptors (Lipinski definition) is 2. The van der Waals surface area contributed by atoms with E-state index >= 15 is 0 Å². The quantitative estimate of drug-likeness (QED) is 0.490. The number of methoxy groups -OCH3 is 1. The molecule has 1 fully saturated rings. The Bertz CT molecular complexity index is 859. The largest absolute Gasteiger partial charge is 0.478 e. The van der Waals surface area contributed by atoms with Crippen molar-refractivity contribution in [2.75, 3.05) is 13.7 Å². The summed E-state index contributed by atoms with van der Waals surface area (Å²) >= 11 is 0. The Morgan fingerprint density at radius 1 is 1.14 bits per heavy atom. The minimum atomic E-state index is -0.904. The fourth-order valence-electron chi connectivity index (χ4n) is 5.26. The van der Waals surface area contributed by atoms with Crippen molar-refractivity contribution >= 4 is 5.97 Å². The number of allylic oxidation sites excluding steroid dienone is 3. The van der Waals surface area contributed by atoms with E-state index in [-0.39, 0.29) is 16.2 Å². The molecule has 0 unspecified atom stereocenters. The molecule has 158 valence electrons. The maximum absolute atomic E-state index is 10.9. The zero-order valence-corrected chi connectivity index (χ0v) is 19.0. The maximum atomic E-state index is 10.9. The Morgan fingerprint density at radius 3 is 2.34 bits per heavy atom. The van der Waals surface area contributed by atoms with Crippen molar-refractivity contribution in [2.45, 2.75) is 70.6 Å². The fraction of sp³-hybridized carbons (Fsp3) is 0.577. The van der Waals surface area contributed by atoms with Crippen LogP contribution >= 0.6 is 0 Å². The highest BCUT2D eigenvalue weighted by Gasteiger charge is 2.60. The van der Waals surface area contributed by atoms with Gasteiger partial charge in [0.15, 0.2) is 0 Å². The van der Waals surface area contributed by atoms with Gasteiger partial charge >= 0.3 is 5.97 Å². The molecule has 3 nitrogen and oxygen atoms in total. The summed E-state index contributed by atoms with van der Waals surface area (Å²) in [5.74, 6) is -0.157. The second-order valence-electron chi connectivity index (χ2n) is 10.5. The number of carboxylic acids is 1. The average Bonchev–Trinajstić information content (AvgIpc) is 3.21. The van der Waals surface area contributed by atoms with E-state index in [0.29, 0.717) is 18.4 Å². The molecule has 3 heteroatoms. The summed E-state index contributed by atoms with van der Waals surface area (Å²) in [7, 11) is 1.76. The Kier molecular flexibility index (Phi) is 5.59. The molecule has 29 heavy (non-hydrogen) atoms. The van der Waals surface area contributed by atoms with Gasteiger partial charge in [0.2, 0.25) is 0 Å². The number of carbonyl (C=O) groups is 1. The summed E-state index contributed by atoms with van der Waals surface area (Å²) in [5, 5.41) is 8.96. The molecule has 0 spiro atoms. The molecule has 3 rings (SSSR count). The van der Waals surface area contributed by atoms with Crippen molar-refractivity contribution in [1.29, 1.82) is 0 Å². The minimum absolute atomic E-state index is 0.0166. The van der Waals surface area contributed by atoms with Crippen LogP contribution in [0.3, 0.4) is 0 Å². The highest BCUT2D eigenvalue weighted by Crippen LogP contribution is 2.61. The number of rotatable bonds is 6. The average molecular weight is 397 g/mol. The lowest BCUT2D eigenvalue weighted by molar-refractivity contribution is -0.131. The SMILES string of the molecule is COC[C@H]1[C@@H](/C=C/C(C)=C/C(=O)O)[C@]1(C)c1ccc2c(c1)C(C)(C)CCC2(C)C. The van der Waals surface area contributed by atoms with Crippen molar-refractivity contribution < 1.29 is 14.6 Å². The molecule has 2 aliphatic rings. The van der Waals surface area contributed by atoms with Crippen LogP contribution in [-0.2, 0) is 25.8 Å². The van der Waals surface area contributed by atoms with Crippen molar-refractivity contribution in [3.05, 3.63) is 58.7 Å². The maximum Gasteiger partial charge on any atom is 0.328 e. The molecule has 0 aliphatic heterocycles. The van der Waals surface area contributed by atoms with Gasteiger partial charge in [-0.3, -0.25) is 0 Å². The molecule has 0 radical (unpaired) electrons. The predicted molar refractivity (Wildman–Crippen MR) is 118 cm³/mol. The third kappa shape index (κ3) is 3.94. The molecule has 1 N–H and O–H groups in total. The van der Waals surface area contributed by atoms with Gasteiger partial charge in [-0.25, -0.2) is 4.79 Å². The summed E-state index contributed by atoms with van der Waals surface area (Å²) in [6.07, 6.45) is 7.80. The number of hydrogen-bond donors (Lipinski definition) is 1. The molecule has 0 saturated heterocycles. The highest BCUT2D eigenvalue weighted by molar-refractivity contribution is 5.81. The van der Waals surface area contributed by atoms with Crippen LogP contribution in [0.25, 0.3) is 0 Å². The van der Waals surface area contributed by atoms with Crippen molar-refractivity contribution in [2.24, 2.45) is 11.8 Å². The Morgan fingerprint density at radius 2 is 1.76 bits per heavy atom. The summed E-state index contributed by atoms with van der Waals surface area (Å²) in [5.41, 5.74) is 5.53. The van der Waals surface area contributed by atoms with Crippen LogP contribution in [0.5, 0.6) is 0 Å². The van der Waals surface area contributed by atoms with Gasteiger partial charge in [-0.05, 0) is 64.7 Å². The van der Waals surface area contributed by atoms with Gasteiger partial charge in [0.05, 0.1) is 6.61 Å². The van der Waals surface area contributed by atoms with Crippen molar-refractivity contribution in [1.82, 2.24) is 0 Å². The molecule has 0 aromatic heterocycles. The fourth-order valence-corrected chi connectivity index (χ4v) is 5.26. The van der Waals surface area contributed by atoms with E-state index in [4.69, 9.17) is 9.84 Å². The predicted octanol–water partition coefficient (Wildman–Crippen LogP) is 5.77. The lowest BCUT2D eigenvalue weighted by Gasteiger charge is -2.42. The number of aliphatic carboxylic acids is 1. The molecular weight excluding hydrogens is 360 g/mol. The van der Waals surface area contributed by atoms with Gasteiger partial charge in [0.1, 0.15) is 0 Å². The van der Waals surface area contributed by atoms with E-state index in [1.807, 2.05) is 13.0 Å². The molecule has 1 aromatic carbocycles. The van der Waals surface area contributed by atoms with Crippen LogP contribution in [0.4, 0.5) is 0 Å². The normalized spacial score (nSPS) is 30.2. The topological polar surface area (TPSA) is 46.5 Å². The van der Waals surface area contributed by atoms with E-state index < -0.39 is 5.97 Å². The lowest BCUT2D eigenvalue weighted by Crippen LogP contribution is -2.34. The lowest BCUT2D eigenvalue weighted by atomic mass is 9.62. The van der Waals surface area contributed by atoms with Crippen molar-refractivity contribution in [3.8, 4) is 0 Å². The molecule has 1 aromatic rings. The highest BCUT2D eigenvalue weighted by atomic mass is 16.5. The minimum Gasteiger partial charge on any atom is -0.478 e. The zero-order valence-electron chi connectivity index (χ0n) is 19.0. The summed E-state index contributed by atoms with van der Waals surface area (Å²) < 4.78 is 5.53. The number of fused-ring (bicyclic) bond motifs is 1. The first-order chi connectivity index (χ1) is 13.4. The van der Waals surface area contributed by atoms with E-state index in [0.717, 1.165) is 5.57 Å². The standard InChI is InChI=1S/C26H36O3/c1-17(14-23(27)28)8-10-20-22(16-29-7)26(20,6)18-9-11-19-21(15-18)25(4,5)13-12-24(19,2)3/h8-11,14-15,20,22H,12-13,16H2,1-7H3,(H,27,28)/b10-8+,17-14+/t20-,22+,26+/m1/s1. The monoisotopic (exact) mass is 396 g/mol. The van der Waals surface area contributed by atoms with E-state index in [1.165, 1.54) is 35.6 Å². The van der Waals surface area contributed by atoms with Crippen LogP contribution in [0.15, 0.2) is 42.0 Å². The zero-order chi connectivity index (χ0) is 21.6. The van der Waals surface area contributed by atoms with Gasteiger partial charge in [0, 0.05) is 18.6 Å². The number of ether oxygens (including phenoxy) is 1. The van der Waals surface area contributed by atoms with Crippen LogP contribution < -0.4 is 0 Å². The van der Waals surface area contributed by atoms with Gasteiger partial charge in [0.25, 0.3) is 0 Å². The van der Waals surface area contributed by atoms with E-state index in [9.17, 15) is 4.79 Å². The molecule has 1 saturated carbocycles. The summed E-state index contributed by atoms with van der Waals surface area (Å²) in [6, 6.07) is 7.13. The van der Waals surface area contributed by atoms with Gasteiger partial charge < -0.3 is 9.84 Å². The van der Waals surface area contributed by atoms with Gasteiger partial charge in [-0.2, -0.15) is 0 Å². The third-order valence-electron chi connectivity index (χ3n) is 7.53. The first kappa shape index (κ1) is 21.8. The number of carboxylic acid groups (broad SMARTS) is 1. The Hall–Kier alpha value is -1.87. The van der Waals surface area contributed by atoms with Crippen LogP contribution in [-0.4, -0.2) is 24.8 Å². The second kappa shape index (κ2) is 7.43. The molecule has 3 atom stereocenters. The van der Waals surface area contributed by atoms with E-state index in [2.05, 4.69) is 58.9 Å². The molecule has 0 heterocycles. The Labute approximate surface area is 175 Å². The molecule has 0 amide bonds. The summed E-state index contributed by atoms with van der Waals surface area (Å²) in [6.45, 7) is 14.3. The van der Waals surface area contributed by atoms with Crippen molar-refractivity contribution in [3.63, 3.8) is 0 Å². The van der Waals surface area contributed by atoms with E-state index in [1.54, 1.807) is 7.11 Å². The molecular formula is C26H36O3. The van der Waals surface area contributed by atoms with Gasteiger partial charge in [-0.15, -0.1) is 0 Å². The number of benzene rings is 1. The first-order valence-electron chi connectivity index (χ1n) is 10.7. The smallest absolute Gasteiger partial charge is 0.328 e.